The van der Waals surface area contributed by atoms with Crippen molar-refractivity contribution in [1.82, 2.24) is 9.80 Å². The van der Waals surface area contributed by atoms with Crippen molar-refractivity contribution in [3.05, 3.63) is 59.1 Å². The van der Waals surface area contributed by atoms with Gasteiger partial charge >= 0.3 is 6.03 Å². The van der Waals surface area contributed by atoms with E-state index in [0.717, 1.165) is 19.6 Å². The molecule has 2 aromatic carbocycles. The summed E-state index contributed by atoms with van der Waals surface area (Å²) in [5.41, 5.74) is 1.47. The average molecular weight is 436 g/mol. The molecule has 29 heavy (non-hydrogen) atoms. The summed E-state index contributed by atoms with van der Waals surface area (Å²) in [6.45, 7) is 6.70. The molecule has 2 aromatic rings. The van der Waals surface area contributed by atoms with E-state index in [1.807, 2.05) is 18.2 Å². The second-order valence-corrected chi connectivity index (χ2v) is 10.2. The van der Waals surface area contributed by atoms with Crippen LogP contribution in [0.1, 0.15) is 19.4 Å². The summed E-state index contributed by atoms with van der Waals surface area (Å²) in [5.74, 6) is 0. The van der Waals surface area contributed by atoms with E-state index >= 15 is 0 Å². The number of amides is 2. The Bertz CT molecular complexity index is 956. The lowest BCUT2D eigenvalue weighted by molar-refractivity contribution is 0.143. The standard InChI is InChI=1S/C21H26ClN3O3S/c1-16(2)29(27,28)20-18(22)9-6-10-19(20)23-21(26)25-13-11-24(12-14-25)15-17-7-4-3-5-8-17/h3-10,16H,11-15H2,1-2H3,(H,23,26). The monoisotopic (exact) mass is 435 g/mol. The van der Waals surface area contributed by atoms with Crippen LogP contribution in [0.25, 0.3) is 0 Å². The van der Waals surface area contributed by atoms with Gasteiger partial charge in [-0.05, 0) is 31.5 Å². The van der Waals surface area contributed by atoms with E-state index in [-0.39, 0.29) is 21.6 Å². The van der Waals surface area contributed by atoms with Crippen LogP contribution in [0.3, 0.4) is 0 Å². The Balaban J connectivity index is 1.66. The van der Waals surface area contributed by atoms with E-state index in [4.69, 9.17) is 11.6 Å². The molecule has 156 valence electrons. The van der Waals surface area contributed by atoms with Gasteiger partial charge in [0, 0.05) is 32.7 Å². The summed E-state index contributed by atoms with van der Waals surface area (Å²) in [6, 6.07) is 14.6. The third-order valence-corrected chi connectivity index (χ3v) is 7.70. The van der Waals surface area contributed by atoms with Gasteiger partial charge in [0.25, 0.3) is 0 Å². The predicted octanol–water partition coefficient (Wildman–Crippen LogP) is 3.87. The zero-order valence-corrected chi connectivity index (χ0v) is 18.2. The second kappa shape index (κ2) is 9.15. The maximum absolute atomic E-state index is 12.8. The van der Waals surface area contributed by atoms with Gasteiger partial charge in [0.2, 0.25) is 0 Å². The van der Waals surface area contributed by atoms with Gasteiger partial charge in [-0.3, -0.25) is 4.90 Å². The van der Waals surface area contributed by atoms with E-state index in [0.29, 0.717) is 13.1 Å². The van der Waals surface area contributed by atoms with Crippen LogP contribution in [-0.4, -0.2) is 55.7 Å². The number of sulfone groups is 1. The van der Waals surface area contributed by atoms with Crippen molar-refractivity contribution in [2.24, 2.45) is 0 Å². The quantitative estimate of drug-likeness (QED) is 0.773. The molecular formula is C21H26ClN3O3S. The van der Waals surface area contributed by atoms with Crippen LogP contribution in [0.5, 0.6) is 0 Å². The van der Waals surface area contributed by atoms with E-state index in [9.17, 15) is 13.2 Å². The SMILES string of the molecule is CC(C)S(=O)(=O)c1c(Cl)cccc1NC(=O)N1CCN(Cc2ccccc2)CC1. The minimum absolute atomic E-state index is 0.0206. The fraction of sp³-hybridized carbons (Fsp3) is 0.381. The number of piperazine rings is 1. The molecule has 1 heterocycles. The average Bonchev–Trinajstić information content (AvgIpc) is 2.69. The Morgan fingerprint density at radius 2 is 1.69 bits per heavy atom. The molecule has 1 aliphatic rings. The molecule has 1 aliphatic heterocycles. The number of nitrogens with one attached hydrogen (secondary N) is 1. The number of hydrogen-bond acceptors (Lipinski definition) is 4. The van der Waals surface area contributed by atoms with E-state index < -0.39 is 15.1 Å². The molecule has 1 saturated heterocycles. The molecule has 0 saturated carbocycles. The Morgan fingerprint density at radius 3 is 2.31 bits per heavy atom. The van der Waals surface area contributed by atoms with Gasteiger partial charge in [-0.1, -0.05) is 48.0 Å². The smallest absolute Gasteiger partial charge is 0.321 e. The Morgan fingerprint density at radius 1 is 1.03 bits per heavy atom. The molecule has 6 nitrogen and oxygen atoms in total. The summed E-state index contributed by atoms with van der Waals surface area (Å²) in [4.78, 5) is 16.7. The van der Waals surface area contributed by atoms with E-state index in [2.05, 4.69) is 22.3 Å². The minimum atomic E-state index is -3.63. The number of benzene rings is 2. The van der Waals surface area contributed by atoms with Gasteiger partial charge in [0.1, 0.15) is 4.90 Å². The second-order valence-electron chi connectivity index (χ2n) is 7.39. The number of carbonyl (C=O) groups is 1. The number of carbonyl (C=O) groups excluding carboxylic acids is 1. The highest BCUT2D eigenvalue weighted by Crippen LogP contribution is 2.32. The Hall–Kier alpha value is -2.09. The molecule has 0 aliphatic carbocycles. The zero-order chi connectivity index (χ0) is 21.0. The maximum atomic E-state index is 12.8. The van der Waals surface area contributed by atoms with Crippen molar-refractivity contribution in [1.29, 1.82) is 0 Å². The van der Waals surface area contributed by atoms with Crippen LogP contribution in [-0.2, 0) is 16.4 Å². The molecule has 0 bridgehead atoms. The number of anilines is 1. The fourth-order valence-corrected chi connectivity index (χ4v) is 5.01. The lowest BCUT2D eigenvalue weighted by Crippen LogP contribution is -2.49. The maximum Gasteiger partial charge on any atom is 0.321 e. The highest BCUT2D eigenvalue weighted by atomic mass is 35.5. The van der Waals surface area contributed by atoms with Gasteiger partial charge in [-0.15, -0.1) is 0 Å². The number of urea groups is 1. The molecule has 0 unspecified atom stereocenters. The van der Waals surface area contributed by atoms with E-state index in [1.54, 1.807) is 30.9 Å². The first kappa shape index (κ1) is 21.6. The van der Waals surface area contributed by atoms with Crippen molar-refractivity contribution in [2.75, 3.05) is 31.5 Å². The summed E-state index contributed by atoms with van der Waals surface area (Å²) in [5, 5.41) is 2.23. The van der Waals surface area contributed by atoms with Crippen molar-refractivity contribution in [2.45, 2.75) is 30.5 Å². The lowest BCUT2D eigenvalue weighted by Gasteiger charge is -2.34. The molecule has 3 rings (SSSR count). The van der Waals surface area contributed by atoms with Crippen molar-refractivity contribution in [3.63, 3.8) is 0 Å². The minimum Gasteiger partial charge on any atom is -0.322 e. The molecule has 0 spiro atoms. The highest BCUT2D eigenvalue weighted by Gasteiger charge is 2.28. The van der Waals surface area contributed by atoms with Crippen LogP contribution in [0, 0.1) is 0 Å². The first-order valence-electron chi connectivity index (χ1n) is 9.63. The molecule has 1 N–H and O–H groups in total. The number of rotatable bonds is 5. The largest absolute Gasteiger partial charge is 0.322 e. The molecule has 0 atom stereocenters. The molecule has 8 heteroatoms. The molecular weight excluding hydrogens is 410 g/mol. The molecule has 2 amide bonds. The summed E-state index contributed by atoms with van der Waals surface area (Å²) in [7, 11) is -3.63. The predicted molar refractivity (Wildman–Crippen MR) is 116 cm³/mol. The van der Waals surface area contributed by atoms with Crippen molar-refractivity contribution >= 4 is 33.2 Å². The number of hydrogen-bond donors (Lipinski definition) is 1. The fourth-order valence-electron chi connectivity index (χ4n) is 3.28. The normalized spacial score (nSPS) is 15.5. The highest BCUT2D eigenvalue weighted by molar-refractivity contribution is 7.92. The lowest BCUT2D eigenvalue weighted by atomic mass is 10.2. The first-order chi connectivity index (χ1) is 13.8. The third-order valence-electron chi connectivity index (χ3n) is 5.02. The molecule has 0 radical (unpaired) electrons. The van der Waals surface area contributed by atoms with Gasteiger partial charge in [-0.25, -0.2) is 13.2 Å². The van der Waals surface area contributed by atoms with Gasteiger partial charge in [0.05, 0.1) is 16.0 Å². The van der Waals surface area contributed by atoms with Crippen LogP contribution in [0.15, 0.2) is 53.4 Å². The third kappa shape index (κ3) is 5.10. The molecule has 1 fully saturated rings. The van der Waals surface area contributed by atoms with Crippen LogP contribution < -0.4 is 5.32 Å². The molecule has 0 aromatic heterocycles. The Labute approximate surface area is 177 Å². The van der Waals surface area contributed by atoms with Crippen LogP contribution in [0.2, 0.25) is 5.02 Å². The topological polar surface area (TPSA) is 69.7 Å². The van der Waals surface area contributed by atoms with Gasteiger partial charge in [-0.2, -0.15) is 0 Å². The summed E-state index contributed by atoms with van der Waals surface area (Å²) >= 11 is 6.17. The van der Waals surface area contributed by atoms with Gasteiger partial charge < -0.3 is 10.2 Å². The summed E-state index contributed by atoms with van der Waals surface area (Å²) < 4.78 is 25.4. The van der Waals surface area contributed by atoms with Gasteiger partial charge in [0.15, 0.2) is 9.84 Å². The van der Waals surface area contributed by atoms with Crippen LogP contribution >= 0.6 is 11.6 Å². The summed E-state index contributed by atoms with van der Waals surface area (Å²) in [6.07, 6.45) is 0. The first-order valence-corrected chi connectivity index (χ1v) is 11.6. The Kier molecular flexibility index (Phi) is 6.82. The number of nitrogens with zero attached hydrogens (tertiary/aromatic N) is 2. The van der Waals surface area contributed by atoms with Crippen molar-refractivity contribution in [3.8, 4) is 0 Å². The van der Waals surface area contributed by atoms with Crippen LogP contribution in [0.4, 0.5) is 10.5 Å². The number of halogens is 1. The van der Waals surface area contributed by atoms with E-state index in [1.165, 1.54) is 11.6 Å². The van der Waals surface area contributed by atoms with Crippen molar-refractivity contribution < 1.29 is 13.2 Å². The zero-order valence-electron chi connectivity index (χ0n) is 16.6.